The second kappa shape index (κ2) is 8.87. The van der Waals surface area contributed by atoms with Crippen molar-refractivity contribution in [3.8, 4) is 11.1 Å². The molecular weight excluding hydrogens is 442 g/mol. The Balaban J connectivity index is 1.77. The van der Waals surface area contributed by atoms with Gasteiger partial charge >= 0.3 is 0 Å². The van der Waals surface area contributed by atoms with Crippen molar-refractivity contribution in [1.82, 2.24) is 0 Å². The van der Waals surface area contributed by atoms with Crippen LogP contribution in [0.3, 0.4) is 0 Å². The van der Waals surface area contributed by atoms with E-state index < -0.39 is 11.2 Å². The number of para-hydroxylation sites is 2. The molecule has 0 aliphatic carbocycles. The van der Waals surface area contributed by atoms with Crippen LogP contribution in [0.4, 0.5) is 17.1 Å². The van der Waals surface area contributed by atoms with Crippen molar-refractivity contribution in [2.75, 3.05) is 11.2 Å². The molecule has 1 atom stereocenters. The number of rotatable bonds is 5. The second-order valence-corrected chi connectivity index (χ2v) is 8.91. The van der Waals surface area contributed by atoms with E-state index in [1.165, 1.54) is 0 Å². The van der Waals surface area contributed by atoms with Gasteiger partial charge in [-0.2, -0.15) is 0 Å². The average Bonchev–Trinajstić information content (AvgIpc) is 2.76. The maximum absolute atomic E-state index is 12.2. The van der Waals surface area contributed by atoms with Crippen molar-refractivity contribution in [2.45, 2.75) is 4.90 Å². The van der Waals surface area contributed by atoms with Crippen molar-refractivity contribution < 1.29 is 4.55 Å². The fraction of sp³-hybridized carbons (Fsp3) is 0.0400. The van der Waals surface area contributed by atoms with Gasteiger partial charge in [0.15, 0.2) is 4.90 Å². The highest BCUT2D eigenvalue weighted by Gasteiger charge is 2.16. The van der Waals surface area contributed by atoms with E-state index in [0.29, 0.717) is 0 Å². The van der Waals surface area contributed by atoms with Crippen LogP contribution in [-0.4, -0.2) is 10.8 Å². The van der Waals surface area contributed by atoms with Crippen molar-refractivity contribution in [3.05, 3.63) is 108 Å². The number of anilines is 3. The first-order valence-electron chi connectivity index (χ1n) is 9.27. The monoisotopic (exact) mass is 461 g/mol. The average molecular weight is 462 g/mol. The first-order valence-corrected chi connectivity index (χ1v) is 11.6. The van der Waals surface area contributed by atoms with E-state index in [0.717, 1.165) is 37.6 Å². The predicted molar refractivity (Wildman–Crippen MR) is 127 cm³/mol. The Bertz CT molecular complexity index is 1040. The van der Waals surface area contributed by atoms with E-state index in [1.807, 2.05) is 54.6 Å². The Morgan fingerprint density at radius 1 is 0.690 bits per heavy atom. The molecule has 1 unspecified atom stereocenters. The summed E-state index contributed by atoms with van der Waals surface area (Å²) in [5, 5.41) is 0. The summed E-state index contributed by atoms with van der Waals surface area (Å²) in [6.45, 7) is 0. The minimum absolute atomic E-state index is 0.837. The molecule has 0 aliphatic rings. The Hall–Kier alpha value is -2.53. The van der Waals surface area contributed by atoms with Gasteiger partial charge in [-0.3, -0.25) is 0 Å². The first kappa shape index (κ1) is 19.8. The molecule has 144 valence electrons. The highest BCUT2D eigenvalue weighted by atomic mass is 79.9. The third-order valence-corrected chi connectivity index (χ3v) is 6.19. The van der Waals surface area contributed by atoms with Gasteiger partial charge in [-0.15, -0.1) is 0 Å². The number of nitrogens with zero attached hydrogens (tertiary/aromatic N) is 1. The summed E-state index contributed by atoms with van der Waals surface area (Å²) < 4.78 is 13.2. The van der Waals surface area contributed by atoms with Crippen LogP contribution in [0.5, 0.6) is 0 Å². The highest BCUT2D eigenvalue weighted by Crippen LogP contribution is 2.36. The summed E-state index contributed by atoms with van der Waals surface area (Å²) in [5.41, 5.74) is 5.30. The van der Waals surface area contributed by atoms with Gasteiger partial charge in [0.1, 0.15) is 6.26 Å². The summed E-state index contributed by atoms with van der Waals surface area (Å²) in [6, 6.07) is 34.9. The molecule has 0 radical (unpaired) electrons. The SMILES string of the molecule is C[S+]([O-])c1ccc(Br)cc1-c1ccc(N(c2ccccc2)c2ccccc2)cc1. The number of hydrogen-bond donors (Lipinski definition) is 0. The van der Waals surface area contributed by atoms with E-state index in [1.54, 1.807) is 6.26 Å². The van der Waals surface area contributed by atoms with Crippen molar-refractivity contribution in [3.63, 3.8) is 0 Å². The van der Waals surface area contributed by atoms with E-state index in [2.05, 4.69) is 69.4 Å². The summed E-state index contributed by atoms with van der Waals surface area (Å²) in [5.74, 6) is 0. The van der Waals surface area contributed by atoms with Gasteiger partial charge in [0, 0.05) is 27.1 Å². The minimum atomic E-state index is -1.05. The van der Waals surface area contributed by atoms with Gasteiger partial charge < -0.3 is 9.45 Å². The van der Waals surface area contributed by atoms with E-state index in [4.69, 9.17) is 0 Å². The fourth-order valence-corrected chi connectivity index (χ4v) is 4.48. The van der Waals surface area contributed by atoms with Gasteiger partial charge in [-0.05, 0) is 71.3 Å². The van der Waals surface area contributed by atoms with Gasteiger partial charge in [-0.1, -0.05) is 64.5 Å². The minimum Gasteiger partial charge on any atom is -0.612 e. The maximum atomic E-state index is 12.2. The van der Waals surface area contributed by atoms with Crippen LogP contribution in [0.25, 0.3) is 11.1 Å². The summed E-state index contributed by atoms with van der Waals surface area (Å²) in [4.78, 5) is 3.06. The van der Waals surface area contributed by atoms with E-state index in [-0.39, 0.29) is 0 Å². The smallest absolute Gasteiger partial charge is 0.160 e. The number of hydrogen-bond acceptors (Lipinski definition) is 2. The molecule has 4 heteroatoms. The molecule has 0 saturated carbocycles. The van der Waals surface area contributed by atoms with Gasteiger partial charge in [-0.25, -0.2) is 0 Å². The fourth-order valence-electron chi connectivity index (χ4n) is 3.37. The number of benzene rings is 4. The molecule has 0 spiro atoms. The van der Waals surface area contributed by atoms with Gasteiger partial charge in [0.2, 0.25) is 0 Å². The molecule has 0 aliphatic heterocycles. The third-order valence-electron chi connectivity index (χ3n) is 4.72. The molecule has 4 rings (SSSR count). The van der Waals surface area contributed by atoms with E-state index in [9.17, 15) is 4.55 Å². The molecule has 4 aromatic carbocycles. The zero-order valence-corrected chi connectivity index (χ0v) is 18.4. The van der Waals surface area contributed by atoms with E-state index >= 15 is 0 Å². The van der Waals surface area contributed by atoms with Gasteiger partial charge in [0.25, 0.3) is 0 Å². The highest BCUT2D eigenvalue weighted by molar-refractivity contribution is 9.10. The quantitative estimate of drug-likeness (QED) is 0.291. The largest absolute Gasteiger partial charge is 0.612 e. The Labute approximate surface area is 183 Å². The van der Waals surface area contributed by atoms with Crippen molar-refractivity contribution in [1.29, 1.82) is 0 Å². The second-order valence-electron chi connectivity index (χ2n) is 6.65. The molecule has 0 aromatic heterocycles. The van der Waals surface area contributed by atoms with Crippen LogP contribution < -0.4 is 4.90 Å². The molecule has 2 nitrogen and oxygen atoms in total. The van der Waals surface area contributed by atoms with Crippen LogP contribution in [0.1, 0.15) is 0 Å². The lowest BCUT2D eigenvalue weighted by molar-refractivity contribution is 0.601. The molecule has 0 N–H and O–H groups in total. The maximum Gasteiger partial charge on any atom is 0.160 e. The summed E-state index contributed by atoms with van der Waals surface area (Å²) in [6.07, 6.45) is 1.72. The van der Waals surface area contributed by atoms with Crippen LogP contribution in [0.15, 0.2) is 112 Å². The van der Waals surface area contributed by atoms with Crippen LogP contribution in [-0.2, 0) is 11.2 Å². The lowest BCUT2D eigenvalue weighted by Crippen LogP contribution is -2.09. The van der Waals surface area contributed by atoms with Crippen LogP contribution in [0, 0.1) is 0 Å². The van der Waals surface area contributed by atoms with Crippen molar-refractivity contribution in [2.24, 2.45) is 0 Å². The molecule has 0 amide bonds. The summed E-state index contributed by atoms with van der Waals surface area (Å²) >= 11 is 2.48. The normalized spacial score (nSPS) is 11.8. The first-order chi connectivity index (χ1) is 14.1. The Morgan fingerprint density at radius 3 is 1.72 bits per heavy atom. The lowest BCUT2D eigenvalue weighted by Gasteiger charge is -2.25. The molecule has 29 heavy (non-hydrogen) atoms. The van der Waals surface area contributed by atoms with Crippen LogP contribution in [0.2, 0.25) is 0 Å². The molecular formula is C25H20BrNOS. The molecule has 0 fully saturated rings. The number of halogens is 1. The predicted octanol–water partition coefficient (Wildman–Crippen LogP) is 7.32. The summed E-state index contributed by atoms with van der Waals surface area (Å²) in [7, 11) is 0. The molecule has 4 aromatic rings. The molecule has 0 heterocycles. The topological polar surface area (TPSA) is 26.3 Å². The van der Waals surface area contributed by atoms with Crippen LogP contribution >= 0.6 is 15.9 Å². The zero-order valence-electron chi connectivity index (χ0n) is 16.0. The lowest BCUT2D eigenvalue weighted by atomic mass is 10.0. The molecule has 0 bridgehead atoms. The Morgan fingerprint density at radius 2 is 1.21 bits per heavy atom. The third kappa shape index (κ3) is 4.40. The standard InChI is InChI=1S/C25H20BrNOS/c1-29(28)25-17-14-20(26)18-24(25)19-12-15-23(16-13-19)27(21-8-4-2-5-9-21)22-10-6-3-7-11-22/h2-18H,1H3. The van der Waals surface area contributed by atoms with Crippen molar-refractivity contribution >= 4 is 44.2 Å². The zero-order chi connectivity index (χ0) is 20.2. The molecule has 0 saturated heterocycles. The van der Waals surface area contributed by atoms with Gasteiger partial charge in [0.05, 0.1) is 0 Å². The Kier molecular flexibility index (Phi) is 6.05.